The van der Waals surface area contributed by atoms with Crippen molar-refractivity contribution in [1.82, 2.24) is 34.8 Å². The number of hydrogen-bond donors (Lipinski definition) is 3. The average Bonchev–Trinajstić information content (AvgIpc) is 3.67. The first-order chi connectivity index (χ1) is 20.9. The number of para-hydroxylation sites is 1. The van der Waals surface area contributed by atoms with Gasteiger partial charge in [0.05, 0.1) is 29.2 Å². The molecule has 0 spiro atoms. The number of anilines is 1. The van der Waals surface area contributed by atoms with Crippen LogP contribution in [0, 0.1) is 11.8 Å². The van der Waals surface area contributed by atoms with Gasteiger partial charge < -0.3 is 21.1 Å². The van der Waals surface area contributed by atoms with Crippen molar-refractivity contribution in [3.63, 3.8) is 0 Å². The number of rotatable bonds is 6. The molecule has 0 saturated carbocycles. The van der Waals surface area contributed by atoms with Crippen LogP contribution in [0.5, 0.6) is 0 Å². The summed E-state index contributed by atoms with van der Waals surface area (Å²) in [4.78, 5) is 48.8. The number of fused-ring (bicyclic) bond motifs is 2. The van der Waals surface area contributed by atoms with Gasteiger partial charge in [-0.25, -0.2) is 14.5 Å². The van der Waals surface area contributed by atoms with Gasteiger partial charge in [-0.3, -0.25) is 19.0 Å². The average molecular weight is 577 g/mol. The van der Waals surface area contributed by atoms with Crippen LogP contribution in [0.4, 0.5) is 5.82 Å². The first-order valence-corrected chi connectivity index (χ1v) is 13.8. The fraction of sp³-hybridized carbons (Fsp3) is 0.226. The Hall–Kier alpha value is -5.54. The highest BCUT2D eigenvalue weighted by atomic mass is 16.5. The third-order valence-electron chi connectivity index (χ3n) is 7.10. The number of carbonyl (C=O) groups excluding carboxylic acids is 2. The number of imidazole rings is 1. The summed E-state index contributed by atoms with van der Waals surface area (Å²) in [7, 11) is 0. The molecule has 2 aromatic carbocycles. The number of aromatic nitrogens is 5. The molecule has 5 aromatic rings. The van der Waals surface area contributed by atoms with Crippen LogP contribution in [-0.2, 0) is 9.53 Å². The Labute approximate surface area is 245 Å². The van der Waals surface area contributed by atoms with Gasteiger partial charge in [0.25, 0.3) is 11.5 Å². The number of benzene rings is 2. The van der Waals surface area contributed by atoms with Crippen LogP contribution in [-0.4, -0.2) is 55.2 Å². The Bertz CT molecular complexity index is 1970. The van der Waals surface area contributed by atoms with Gasteiger partial charge in [0.2, 0.25) is 5.91 Å². The van der Waals surface area contributed by atoms with Crippen molar-refractivity contribution in [2.45, 2.75) is 31.9 Å². The monoisotopic (exact) mass is 576 g/mol. The van der Waals surface area contributed by atoms with Crippen LogP contribution in [0.25, 0.3) is 22.2 Å². The molecule has 0 aliphatic carbocycles. The maximum atomic E-state index is 14.1. The minimum Gasteiger partial charge on any atom is -0.382 e. The number of carbonyl (C=O) groups is 2. The topological polar surface area (TPSA) is 159 Å². The highest BCUT2D eigenvalue weighted by Crippen LogP contribution is 2.21. The molecule has 1 fully saturated rings. The molecule has 0 unspecified atom stereocenters. The summed E-state index contributed by atoms with van der Waals surface area (Å²) >= 11 is 0. The second-order valence-electron chi connectivity index (χ2n) is 10.0. The fourth-order valence-electron chi connectivity index (χ4n) is 5.09. The van der Waals surface area contributed by atoms with E-state index in [2.05, 4.69) is 32.6 Å². The number of hydrogen-bond acceptors (Lipinski definition) is 8. The van der Waals surface area contributed by atoms with Crippen molar-refractivity contribution in [2.75, 3.05) is 18.9 Å². The standard InChI is InChI=1S/C31H28N8O4/c1-19(35-30(41)26-27(32)37-24-15-7-17-34-39(24)26)28-36-22-13-5-9-20(10-6-16-33-29(40)23-14-8-18-43-23)25(22)31(42)38(28)21-11-3-2-4-12-21/h2-5,7,9,11-13,15,17,19,23H,8,14,16,18,32H2,1H3,(H,33,40)(H,35,41)/t19-,23+/m0/s1. The maximum absolute atomic E-state index is 14.1. The Morgan fingerprint density at radius 3 is 2.74 bits per heavy atom. The van der Waals surface area contributed by atoms with Gasteiger partial charge >= 0.3 is 0 Å². The summed E-state index contributed by atoms with van der Waals surface area (Å²) in [6.07, 6.45) is 2.64. The summed E-state index contributed by atoms with van der Waals surface area (Å²) < 4.78 is 8.24. The zero-order valence-electron chi connectivity index (χ0n) is 23.3. The molecule has 1 aliphatic heterocycles. The van der Waals surface area contributed by atoms with Gasteiger partial charge in [-0.15, -0.1) is 0 Å². The Morgan fingerprint density at radius 1 is 1.12 bits per heavy atom. The van der Waals surface area contributed by atoms with E-state index < -0.39 is 18.1 Å². The minimum absolute atomic E-state index is 0.0329. The molecule has 12 nitrogen and oxygen atoms in total. The molecule has 12 heteroatoms. The van der Waals surface area contributed by atoms with Crippen LogP contribution in [0.15, 0.2) is 71.7 Å². The molecule has 0 bridgehead atoms. The van der Waals surface area contributed by atoms with Crippen molar-refractivity contribution < 1.29 is 14.3 Å². The molecular formula is C31H28N8O4. The molecule has 0 radical (unpaired) electrons. The maximum Gasteiger partial charge on any atom is 0.274 e. The second kappa shape index (κ2) is 11.8. The van der Waals surface area contributed by atoms with Gasteiger partial charge in [0.1, 0.15) is 11.9 Å². The lowest BCUT2D eigenvalue weighted by Crippen LogP contribution is -2.34. The highest BCUT2D eigenvalue weighted by Gasteiger charge is 2.25. The van der Waals surface area contributed by atoms with E-state index in [1.807, 2.05) is 18.2 Å². The predicted molar refractivity (Wildman–Crippen MR) is 159 cm³/mol. The Balaban J connectivity index is 1.36. The van der Waals surface area contributed by atoms with E-state index >= 15 is 0 Å². The number of nitrogens with zero attached hydrogens (tertiary/aromatic N) is 5. The first-order valence-electron chi connectivity index (χ1n) is 13.8. The molecule has 6 rings (SSSR count). The molecule has 4 N–H and O–H groups in total. The largest absolute Gasteiger partial charge is 0.382 e. The fourth-order valence-corrected chi connectivity index (χ4v) is 5.09. The van der Waals surface area contributed by atoms with Gasteiger partial charge in [0, 0.05) is 18.4 Å². The molecule has 2 atom stereocenters. The summed E-state index contributed by atoms with van der Waals surface area (Å²) in [6, 6.07) is 16.9. The van der Waals surface area contributed by atoms with E-state index in [0.717, 1.165) is 6.42 Å². The zero-order valence-corrected chi connectivity index (χ0v) is 23.3. The number of nitrogens with one attached hydrogen (secondary N) is 2. The molecule has 3 aromatic heterocycles. The third-order valence-corrected chi connectivity index (χ3v) is 7.10. The summed E-state index contributed by atoms with van der Waals surface area (Å²) in [5.74, 6) is 5.58. The summed E-state index contributed by atoms with van der Waals surface area (Å²) in [5, 5.41) is 10.2. The molecule has 43 heavy (non-hydrogen) atoms. The van der Waals surface area contributed by atoms with E-state index in [4.69, 9.17) is 15.5 Å². The molecule has 2 amide bonds. The predicted octanol–water partition coefficient (Wildman–Crippen LogP) is 2.15. The van der Waals surface area contributed by atoms with Crippen molar-refractivity contribution in [2.24, 2.45) is 0 Å². The summed E-state index contributed by atoms with van der Waals surface area (Å²) in [6.45, 7) is 2.42. The van der Waals surface area contributed by atoms with E-state index in [-0.39, 0.29) is 29.5 Å². The Morgan fingerprint density at radius 2 is 1.95 bits per heavy atom. The number of nitrogen functional groups attached to an aromatic ring is 1. The van der Waals surface area contributed by atoms with Crippen LogP contribution in [0.1, 0.15) is 47.7 Å². The molecule has 4 heterocycles. The lowest BCUT2D eigenvalue weighted by molar-refractivity contribution is -0.129. The van der Waals surface area contributed by atoms with Crippen molar-refractivity contribution in [3.05, 3.63) is 94.3 Å². The van der Waals surface area contributed by atoms with E-state index in [0.29, 0.717) is 46.7 Å². The highest BCUT2D eigenvalue weighted by molar-refractivity contribution is 5.98. The third kappa shape index (κ3) is 5.41. The number of amides is 2. The van der Waals surface area contributed by atoms with E-state index in [1.165, 1.54) is 15.3 Å². The van der Waals surface area contributed by atoms with E-state index in [1.54, 1.807) is 49.4 Å². The van der Waals surface area contributed by atoms with Crippen LogP contribution < -0.4 is 21.9 Å². The SMILES string of the molecule is C[C@H](NC(=O)c1c(N)nc2cccnn12)c1nc2cccc(C#CCNC(=O)[C@H]3CCCO3)c2c(=O)n1-c1ccccc1. The Kier molecular flexibility index (Phi) is 7.55. The van der Waals surface area contributed by atoms with Crippen molar-refractivity contribution >= 4 is 34.2 Å². The van der Waals surface area contributed by atoms with Crippen molar-refractivity contribution in [3.8, 4) is 17.5 Å². The normalized spacial score (nSPS) is 15.1. The van der Waals surface area contributed by atoms with Gasteiger partial charge in [0.15, 0.2) is 17.2 Å². The first kappa shape index (κ1) is 27.6. The second-order valence-corrected chi connectivity index (χ2v) is 10.0. The van der Waals surface area contributed by atoms with Crippen molar-refractivity contribution in [1.29, 1.82) is 0 Å². The number of ether oxygens (including phenoxy) is 1. The van der Waals surface area contributed by atoms with Crippen LogP contribution in [0.3, 0.4) is 0 Å². The van der Waals surface area contributed by atoms with E-state index in [9.17, 15) is 14.4 Å². The molecule has 1 saturated heterocycles. The minimum atomic E-state index is -0.721. The molecular weight excluding hydrogens is 548 g/mol. The molecule has 1 aliphatic rings. The molecule has 216 valence electrons. The summed E-state index contributed by atoms with van der Waals surface area (Å²) in [5.41, 5.74) is 7.68. The lowest BCUT2D eigenvalue weighted by atomic mass is 10.1. The van der Waals surface area contributed by atoms with Crippen LogP contribution >= 0.6 is 0 Å². The van der Waals surface area contributed by atoms with Gasteiger partial charge in [-0.05, 0) is 56.2 Å². The number of nitrogens with two attached hydrogens (primary N) is 1. The smallest absolute Gasteiger partial charge is 0.274 e. The quantitative estimate of drug-likeness (QED) is 0.260. The van der Waals surface area contributed by atoms with Crippen LogP contribution in [0.2, 0.25) is 0 Å². The lowest BCUT2D eigenvalue weighted by Gasteiger charge is -2.20. The van der Waals surface area contributed by atoms with Gasteiger partial charge in [-0.1, -0.05) is 36.1 Å². The van der Waals surface area contributed by atoms with Gasteiger partial charge in [-0.2, -0.15) is 5.10 Å². The zero-order chi connectivity index (χ0) is 29.9.